The van der Waals surface area contributed by atoms with Gasteiger partial charge >= 0.3 is 7.25 Å². The summed E-state index contributed by atoms with van der Waals surface area (Å²) < 4.78 is 39.0. The van der Waals surface area contributed by atoms with Gasteiger partial charge in [0.15, 0.2) is 0 Å². The van der Waals surface area contributed by atoms with Crippen LogP contribution in [0.5, 0.6) is 0 Å². The number of rotatable bonds is 5. The molecular weight excluding hydrogens is 363 g/mol. The molecule has 0 amide bonds. The molecule has 8 heteroatoms. The fraction of sp³-hybridized carbons (Fsp3) is 0.111. The van der Waals surface area contributed by atoms with Crippen molar-refractivity contribution in [3.8, 4) is 12.1 Å². The van der Waals surface area contributed by atoms with E-state index in [1.54, 1.807) is 0 Å². The highest BCUT2D eigenvalue weighted by Gasteiger charge is 2.20. The number of benzene rings is 2. The van der Waals surface area contributed by atoms with Crippen molar-refractivity contribution in [3.63, 3.8) is 0 Å². The van der Waals surface area contributed by atoms with Crippen molar-refractivity contribution >= 4 is 24.6 Å². The van der Waals surface area contributed by atoms with Crippen LogP contribution >= 0.6 is 0 Å². The molecule has 0 aliphatic carbocycles. The molecule has 2 rings (SSSR count). The minimum atomic E-state index is -6.00. The molecule has 2 nitrogen and oxygen atoms in total. The van der Waals surface area contributed by atoms with Crippen molar-refractivity contribution in [3.05, 3.63) is 77.4 Å². The summed E-state index contributed by atoms with van der Waals surface area (Å²) in [6.07, 6.45) is 0. The molecule has 0 saturated carbocycles. The van der Waals surface area contributed by atoms with E-state index in [1.807, 2.05) is 60.7 Å². The van der Waals surface area contributed by atoms with Crippen LogP contribution in [0.3, 0.4) is 0 Å². The SMILES string of the molecule is F[B-](F)(F)F.N#CC(C#N)=C(C[SH+]Cc1ccccc1)c1ccccc1. The molecule has 0 atom stereocenters. The van der Waals surface area contributed by atoms with Crippen molar-refractivity contribution in [2.75, 3.05) is 5.75 Å². The lowest BCUT2D eigenvalue weighted by atomic mass is 10.0. The average Bonchev–Trinajstić information content (AvgIpc) is 2.61. The molecule has 2 aromatic carbocycles. The quantitative estimate of drug-likeness (QED) is 0.247. The second kappa shape index (κ2) is 11.0. The van der Waals surface area contributed by atoms with Crippen LogP contribution in [0.25, 0.3) is 5.57 Å². The first-order valence-corrected chi connectivity index (χ1v) is 8.75. The first-order valence-electron chi connectivity index (χ1n) is 7.48. The number of hydrogen-bond acceptors (Lipinski definition) is 2. The smallest absolute Gasteiger partial charge is 0.418 e. The van der Waals surface area contributed by atoms with Crippen molar-refractivity contribution in [2.45, 2.75) is 5.75 Å². The molecule has 0 heterocycles. The zero-order valence-corrected chi connectivity index (χ0v) is 14.5. The Balaban J connectivity index is 0.000000597. The summed E-state index contributed by atoms with van der Waals surface area (Å²) in [6, 6.07) is 23.9. The Morgan fingerprint density at radius 2 is 1.31 bits per heavy atom. The molecule has 0 bridgehead atoms. The van der Waals surface area contributed by atoms with E-state index in [9.17, 15) is 17.3 Å². The largest absolute Gasteiger partial charge is 0.673 e. The van der Waals surface area contributed by atoms with Gasteiger partial charge in [-0.1, -0.05) is 60.7 Å². The molecule has 0 N–H and O–H groups in total. The van der Waals surface area contributed by atoms with Gasteiger partial charge in [0.2, 0.25) is 0 Å². The average molecular weight is 378 g/mol. The fourth-order valence-electron chi connectivity index (χ4n) is 1.99. The topological polar surface area (TPSA) is 47.6 Å². The summed E-state index contributed by atoms with van der Waals surface area (Å²) in [5, 5.41) is 18.3. The predicted octanol–water partition coefficient (Wildman–Crippen LogP) is 4.80. The molecule has 0 unspecified atom stereocenters. The predicted molar refractivity (Wildman–Crippen MR) is 98.5 cm³/mol. The molecular formula is C18H15BF4N2S. The third-order valence-corrected chi connectivity index (χ3v) is 4.18. The first kappa shape index (κ1) is 21.3. The van der Waals surface area contributed by atoms with E-state index in [1.165, 1.54) is 17.3 Å². The summed E-state index contributed by atoms with van der Waals surface area (Å²) >= 11 is 1.18. The summed E-state index contributed by atoms with van der Waals surface area (Å²) in [6.45, 7) is 0. The molecule has 134 valence electrons. The highest BCUT2D eigenvalue weighted by atomic mass is 32.2. The highest BCUT2D eigenvalue weighted by Crippen LogP contribution is 2.19. The Morgan fingerprint density at radius 1 is 0.846 bits per heavy atom. The van der Waals surface area contributed by atoms with Crippen LogP contribution in [-0.4, -0.2) is 13.0 Å². The van der Waals surface area contributed by atoms with E-state index < -0.39 is 7.25 Å². The standard InChI is InChI=1S/C18H14N2S.BF4/c19-11-17(12-20)18(16-9-5-2-6-10-16)14-21-13-15-7-3-1-4-8-15;2-1(3,4)5/h1-10H,13-14H2;/q;-1/p+1. The van der Waals surface area contributed by atoms with Gasteiger partial charge in [0.05, 0.1) is 0 Å². The minimum absolute atomic E-state index is 0.210. The van der Waals surface area contributed by atoms with Crippen LogP contribution < -0.4 is 0 Å². The van der Waals surface area contributed by atoms with Crippen LogP contribution in [0.4, 0.5) is 17.3 Å². The third-order valence-electron chi connectivity index (χ3n) is 3.05. The maximum atomic E-state index is 9.75. The van der Waals surface area contributed by atoms with Gasteiger partial charge in [-0.15, -0.1) is 0 Å². The van der Waals surface area contributed by atoms with E-state index in [0.717, 1.165) is 16.9 Å². The van der Waals surface area contributed by atoms with Crippen LogP contribution in [0.1, 0.15) is 11.1 Å². The molecule has 2 aromatic rings. The molecule has 0 spiro atoms. The number of nitrogens with zero attached hydrogens (tertiary/aromatic N) is 2. The van der Waals surface area contributed by atoms with Gasteiger partial charge < -0.3 is 17.3 Å². The first-order chi connectivity index (χ1) is 12.3. The van der Waals surface area contributed by atoms with Crippen molar-refractivity contribution in [2.24, 2.45) is 0 Å². The second-order valence-electron chi connectivity index (χ2n) is 4.96. The summed E-state index contributed by atoms with van der Waals surface area (Å²) in [4.78, 5) is 0. The number of nitriles is 2. The van der Waals surface area contributed by atoms with Crippen molar-refractivity contribution < 1.29 is 17.3 Å². The zero-order chi connectivity index (χ0) is 19.4. The van der Waals surface area contributed by atoms with Crippen LogP contribution in [0.15, 0.2) is 66.2 Å². The molecule has 0 aromatic heterocycles. The Bertz CT molecular complexity index is 772. The third kappa shape index (κ3) is 8.96. The van der Waals surface area contributed by atoms with E-state index in [2.05, 4.69) is 12.1 Å². The maximum absolute atomic E-state index is 9.75. The lowest BCUT2D eigenvalue weighted by Gasteiger charge is -2.03. The fourth-order valence-corrected chi connectivity index (χ4v) is 3.14. The molecule has 26 heavy (non-hydrogen) atoms. The van der Waals surface area contributed by atoms with E-state index in [4.69, 9.17) is 10.5 Å². The van der Waals surface area contributed by atoms with E-state index >= 15 is 0 Å². The van der Waals surface area contributed by atoms with Gasteiger partial charge in [0.25, 0.3) is 0 Å². The Labute approximate surface area is 153 Å². The van der Waals surface area contributed by atoms with Crippen LogP contribution in [0.2, 0.25) is 0 Å². The highest BCUT2D eigenvalue weighted by molar-refractivity contribution is 7.78. The van der Waals surface area contributed by atoms with Gasteiger partial charge in [0.1, 0.15) is 29.2 Å². The minimum Gasteiger partial charge on any atom is -0.418 e. The molecule has 0 fully saturated rings. The molecule has 0 saturated heterocycles. The Kier molecular flexibility index (Phi) is 9.04. The summed E-state index contributed by atoms with van der Waals surface area (Å²) in [5.41, 5.74) is 3.26. The maximum Gasteiger partial charge on any atom is 0.673 e. The summed E-state index contributed by atoms with van der Waals surface area (Å²) in [7, 11) is -6.00. The molecule has 0 radical (unpaired) electrons. The zero-order valence-electron chi connectivity index (χ0n) is 13.6. The number of thiol groups is 1. The van der Waals surface area contributed by atoms with Gasteiger partial charge in [-0.05, 0) is 17.3 Å². The number of hydrogen-bond donors (Lipinski definition) is 0. The van der Waals surface area contributed by atoms with Gasteiger partial charge in [-0.25, -0.2) is 0 Å². The van der Waals surface area contributed by atoms with E-state index in [0.29, 0.717) is 5.75 Å². The van der Waals surface area contributed by atoms with Gasteiger partial charge in [-0.3, -0.25) is 0 Å². The monoisotopic (exact) mass is 378 g/mol. The van der Waals surface area contributed by atoms with Gasteiger partial charge in [0, 0.05) is 11.1 Å². The second-order valence-corrected chi connectivity index (χ2v) is 6.04. The Hall–Kier alpha value is -2.71. The van der Waals surface area contributed by atoms with E-state index in [-0.39, 0.29) is 5.57 Å². The van der Waals surface area contributed by atoms with Crippen molar-refractivity contribution in [1.82, 2.24) is 0 Å². The normalized spacial score (nSPS) is 9.92. The van der Waals surface area contributed by atoms with Crippen LogP contribution in [-0.2, 0) is 17.5 Å². The van der Waals surface area contributed by atoms with Gasteiger partial charge in [-0.2, -0.15) is 10.5 Å². The lowest BCUT2D eigenvalue weighted by Crippen LogP contribution is -2.02. The Morgan fingerprint density at radius 3 is 1.77 bits per heavy atom. The molecule has 0 aliphatic heterocycles. The lowest BCUT2D eigenvalue weighted by molar-refractivity contribution is 0.368. The van der Waals surface area contributed by atoms with Crippen LogP contribution in [0, 0.1) is 22.7 Å². The van der Waals surface area contributed by atoms with Crippen molar-refractivity contribution in [1.29, 1.82) is 10.5 Å². The molecule has 0 aliphatic rings. The summed E-state index contributed by atoms with van der Waals surface area (Å²) in [5.74, 6) is 1.62. The number of halogens is 4. The number of allylic oxidation sites excluding steroid dienone is 1.